The summed E-state index contributed by atoms with van der Waals surface area (Å²) >= 11 is 0. The molecule has 188 valence electrons. The molecule has 1 N–H and O–H groups in total. The molecule has 0 aliphatic heterocycles. The number of hydrogen-bond donors (Lipinski definition) is 1. The van der Waals surface area contributed by atoms with E-state index >= 15 is 0 Å². The molecule has 4 unspecified atom stereocenters. The molecule has 0 radical (unpaired) electrons. The van der Waals surface area contributed by atoms with Crippen LogP contribution in [0.3, 0.4) is 0 Å². The molecule has 6 nitrogen and oxygen atoms in total. The normalized spacial score (nSPS) is 24.1. The van der Waals surface area contributed by atoms with E-state index < -0.39 is 0 Å². The Morgan fingerprint density at radius 3 is 2.88 bits per heavy atom. The summed E-state index contributed by atoms with van der Waals surface area (Å²) in [4.78, 5) is 20.8. The first-order valence-corrected chi connectivity index (χ1v) is 13.0. The molecule has 1 aromatic heterocycles. The number of hydrazine groups is 1. The standard InChI is InChI=1S/C27H42FN4O2/c1-5-23(12-8-10-20(3)31-32(4)33)34-24-14-13-21(16-24)17-26-25(28)18-29-27(30-26)22-11-7-6-9-19(2)15-22/h17-18,20,22-24H,2,5-16H2,1,3-4H3,(H,31,33)/q+1. The number of nitrogens with zero attached hydrogens (tertiary/aromatic N) is 3. The number of rotatable bonds is 11. The lowest BCUT2D eigenvalue weighted by Gasteiger charge is -2.21. The summed E-state index contributed by atoms with van der Waals surface area (Å²) in [5.74, 6) is 0.635. The van der Waals surface area contributed by atoms with Crippen molar-refractivity contribution in [1.29, 1.82) is 0 Å². The molecular weight excluding hydrogens is 431 g/mol. The molecule has 4 atom stereocenters. The van der Waals surface area contributed by atoms with Gasteiger partial charge in [-0.3, -0.25) is 0 Å². The number of nitroso groups, excluding NO2 is 1. The van der Waals surface area contributed by atoms with Gasteiger partial charge in [-0.2, -0.15) is 5.43 Å². The highest BCUT2D eigenvalue weighted by atomic mass is 19.1. The molecule has 2 fully saturated rings. The van der Waals surface area contributed by atoms with Crippen LogP contribution in [-0.4, -0.2) is 40.1 Å². The van der Waals surface area contributed by atoms with Gasteiger partial charge in [0.15, 0.2) is 5.82 Å². The van der Waals surface area contributed by atoms with Crippen molar-refractivity contribution >= 4 is 6.08 Å². The fourth-order valence-electron chi connectivity index (χ4n) is 5.18. The summed E-state index contributed by atoms with van der Waals surface area (Å²) in [6.45, 7) is 8.36. The molecule has 0 amide bonds. The van der Waals surface area contributed by atoms with E-state index in [4.69, 9.17) is 4.74 Å². The van der Waals surface area contributed by atoms with Gasteiger partial charge in [-0.05, 0) is 83.6 Å². The van der Waals surface area contributed by atoms with Crippen LogP contribution in [0.1, 0.15) is 108 Å². The maximum absolute atomic E-state index is 14.5. The van der Waals surface area contributed by atoms with Gasteiger partial charge in [0, 0.05) is 5.92 Å². The molecule has 0 saturated heterocycles. The Labute approximate surface area is 204 Å². The number of aromatic nitrogens is 2. The molecule has 1 heterocycles. The third-order valence-corrected chi connectivity index (χ3v) is 7.05. The van der Waals surface area contributed by atoms with Crippen molar-refractivity contribution in [2.45, 2.75) is 115 Å². The molecule has 3 rings (SSSR count). The van der Waals surface area contributed by atoms with Gasteiger partial charge in [0.1, 0.15) is 16.4 Å². The summed E-state index contributed by atoms with van der Waals surface area (Å²) in [7, 11) is 1.47. The van der Waals surface area contributed by atoms with Gasteiger partial charge in [0.05, 0.1) is 29.4 Å². The Kier molecular flexibility index (Phi) is 10.2. The van der Waals surface area contributed by atoms with E-state index in [9.17, 15) is 9.30 Å². The first kappa shape index (κ1) is 26.5. The van der Waals surface area contributed by atoms with Gasteiger partial charge in [0.2, 0.25) is 7.05 Å². The van der Waals surface area contributed by atoms with E-state index in [2.05, 4.69) is 28.9 Å². The van der Waals surface area contributed by atoms with Crippen molar-refractivity contribution in [1.82, 2.24) is 15.4 Å². The Balaban J connectivity index is 1.54. The summed E-state index contributed by atoms with van der Waals surface area (Å²) in [6, 6.07) is 0.157. The molecule has 1 aromatic rings. The number of ether oxygens (including phenoxy) is 1. The minimum atomic E-state index is -0.356. The molecule has 0 bridgehead atoms. The quantitative estimate of drug-likeness (QED) is 0.174. The molecule has 0 aromatic carbocycles. The zero-order valence-electron chi connectivity index (χ0n) is 21.2. The third kappa shape index (κ3) is 8.26. The van der Waals surface area contributed by atoms with Gasteiger partial charge in [0.25, 0.3) is 0 Å². The second kappa shape index (κ2) is 13.1. The lowest BCUT2D eigenvalue weighted by atomic mass is 9.97. The van der Waals surface area contributed by atoms with Crippen molar-refractivity contribution in [3.05, 3.63) is 46.2 Å². The first-order valence-electron chi connectivity index (χ1n) is 13.0. The molecule has 0 spiro atoms. The first-order chi connectivity index (χ1) is 16.3. The van der Waals surface area contributed by atoms with Crippen LogP contribution in [0.25, 0.3) is 6.08 Å². The highest BCUT2D eigenvalue weighted by molar-refractivity contribution is 5.50. The Hall–Kier alpha value is -2.15. The second-order valence-corrected chi connectivity index (χ2v) is 10.2. The highest BCUT2D eigenvalue weighted by Gasteiger charge is 2.25. The summed E-state index contributed by atoms with van der Waals surface area (Å²) < 4.78 is 20.9. The Morgan fingerprint density at radius 1 is 1.29 bits per heavy atom. The molecule has 2 saturated carbocycles. The largest absolute Gasteiger partial charge is 0.375 e. The van der Waals surface area contributed by atoms with Crippen LogP contribution < -0.4 is 5.43 Å². The number of halogens is 1. The monoisotopic (exact) mass is 473 g/mol. The fourth-order valence-corrected chi connectivity index (χ4v) is 5.18. The average molecular weight is 474 g/mol. The van der Waals surface area contributed by atoms with Gasteiger partial charge in [-0.1, -0.05) is 31.1 Å². The zero-order valence-corrected chi connectivity index (χ0v) is 21.2. The van der Waals surface area contributed by atoms with Crippen LogP contribution in [0.2, 0.25) is 0 Å². The predicted octanol–water partition coefficient (Wildman–Crippen LogP) is 6.42. The van der Waals surface area contributed by atoms with Crippen molar-refractivity contribution in [2.24, 2.45) is 0 Å². The summed E-state index contributed by atoms with van der Waals surface area (Å²) in [5.41, 5.74) is 5.71. The topological polar surface area (TPSA) is 67.1 Å². The van der Waals surface area contributed by atoms with Crippen molar-refractivity contribution < 1.29 is 14.0 Å². The zero-order chi connectivity index (χ0) is 24.5. The molecule has 7 heteroatoms. The highest BCUT2D eigenvalue weighted by Crippen LogP contribution is 2.34. The van der Waals surface area contributed by atoms with Gasteiger partial charge < -0.3 is 4.74 Å². The van der Waals surface area contributed by atoms with E-state index in [0.717, 1.165) is 81.3 Å². The number of allylic oxidation sites excluding steroid dienone is 1. The van der Waals surface area contributed by atoms with Crippen molar-refractivity contribution in [3.8, 4) is 0 Å². The molecule has 34 heavy (non-hydrogen) atoms. The van der Waals surface area contributed by atoms with Crippen LogP contribution in [0, 0.1) is 10.7 Å². The number of nitrogens with one attached hydrogen (secondary N) is 1. The van der Waals surface area contributed by atoms with E-state index in [-0.39, 0.29) is 30.0 Å². The van der Waals surface area contributed by atoms with Crippen LogP contribution in [0.15, 0.2) is 23.9 Å². The van der Waals surface area contributed by atoms with E-state index in [1.807, 2.05) is 13.0 Å². The maximum atomic E-state index is 14.5. The summed E-state index contributed by atoms with van der Waals surface area (Å²) in [5, 5.41) is 0. The Bertz CT molecular complexity index is 872. The lowest BCUT2D eigenvalue weighted by Crippen LogP contribution is -2.32. The third-order valence-electron chi connectivity index (χ3n) is 7.05. The molecule has 2 aliphatic carbocycles. The minimum Gasteiger partial charge on any atom is -0.375 e. The van der Waals surface area contributed by atoms with Gasteiger partial charge in [-0.15, -0.1) is 0 Å². The van der Waals surface area contributed by atoms with E-state index in [1.165, 1.54) is 30.8 Å². The van der Waals surface area contributed by atoms with Crippen LogP contribution in [0.4, 0.5) is 4.39 Å². The smallest absolute Gasteiger partial charge is 0.215 e. The van der Waals surface area contributed by atoms with Crippen LogP contribution >= 0.6 is 0 Å². The fraction of sp³-hybridized carbons (Fsp3) is 0.704. The minimum absolute atomic E-state index is 0.157. The predicted molar refractivity (Wildman–Crippen MR) is 134 cm³/mol. The lowest BCUT2D eigenvalue weighted by molar-refractivity contribution is -0.586. The Morgan fingerprint density at radius 2 is 2.12 bits per heavy atom. The summed E-state index contributed by atoms with van der Waals surface area (Å²) in [6.07, 6.45) is 15.6. The van der Waals surface area contributed by atoms with Gasteiger partial charge >= 0.3 is 0 Å². The molecular formula is C27H42FN4O2+. The average Bonchev–Trinajstić information content (AvgIpc) is 3.11. The SMILES string of the molecule is C=C1CCCCC(c2ncc(F)c(C=C3CCC(OC(CC)CCCC(C)N[N+](C)=O)C3)n2)C1. The van der Waals surface area contributed by atoms with E-state index in [1.54, 1.807) is 0 Å². The van der Waals surface area contributed by atoms with Crippen LogP contribution in [-0.2, 0) is 4.74 Å². The van der Waals surface area contributed by atoms with E-state index in [0.29, 0.717) is 5.69 Å². The maximum Gasteiger partial charge on any atom is 0.215 e. The molecule has 2 aliphatic rings. The second-order valence-electron chi connectivity index (χ2n) is 10.2. The van der Waals surface area contributed by atoms with Crippen LogP contribution in [0.5, 0.6) is 0 Å². The van der Waals surface area contributed by atoms with Gasteiger partial charge in [-0.25, -0.2) is 14.4 Å². The number of hydrogen-bond acceptors (Lipinski definition) is 4. The van der Waals surface area contributed by atoms with Crippen molar-refractivity contribution in [2.75, 3.05) is 7.05 Å². The van der Waals surface area contributed by atoms with Crippen molar-refractivity contribution in [3.63, 3.8) is 0 Å².